The molecule has 1 aromatic rings. The summed E-state index contributed by atoms with van der Waals surface area (Å²) in [6.45, 7) is 4.43. The maximum atomic E-state index is 6.22. The fourth-order valence-corrected chi connectivity index (χ4v) is 4.73. The number of nitrogens with zero attached hydrogens (tertiary/aromatic N) is 2. The molecule has 0 aliphatic carbocycles. The van der Waals surface area contributed by atoms with Crippen molar-refractivity contribution in [3.8, 4) is 0 Å². The molecule has 0 radical (unpaired) electrons. The van der Waals surface area contributed by atoms with E-state index < -0.39 is 0 Å². The quantitative estimate of drug-likeness (QED) is 0.890. The highest BCUT2D eigenvalue weighted by Crippen LogP contribution is 2.32. The molecule has 1 aromatic heterocycles. The average Bonchev–Trinajstić information content (AvgIpc) is 2.89. The van der Waals surface area contributed by atoms with Crippen LogP contribution < -0.4 is 5.73 Å². The van der Waals surface area contributed by atoms with Crippen molar-refractivity contribution in [1.29, 1.82) is 0 Å². The average molecular weight is 346 g/mol. The fourth-order valence-electron chi connectivity index (χ4n) is 3.02. The second-order valence-corrected chi connectivity index (χ2v) is 8.16. The van der Waals surface area contributed by atoms with Gasteiger partial charge in [0.15, 0.2) is 0 Å². The van der Waals surface area contributed by atoms with Crippen molar-refractivity contribution in [2.45, 2.75) is 37.9 Å². The summed E-state index contributed by atoms with van der Waals surface area (Å²) in [5.74, 6) is 0. The second-order valence-electron chi connectivity index (χ2n) is 5.66. The van der Waals surface area contributed by atoms with E-state index in [1.807, 2.05) is 0 Å². The Morgan fingerprint density at radius 1 is 1.58 bits per heavy atom. The minimum atomic E-state index is 0.141. The van der Waals surface area contributed by atoms with E-state index in [9.17, 15) is 0 Å². The van der Waals surface area contributed by atoms with Gasteiger partial charge in [-0.25, -0.2) is 0 Å². The molecule has 3 nitrogen and oxygen atoms in total. The number of rotatable bonds is 5. The first-order chi connectivity index (χ1) is 8.99. The van der Waals surface area contributed by atoms with Gasteiger partial charge in [0, 0.05) is 23.5 Å². The van der Waals surface area contributed by atoms with E-state index in [1.165, 1.54) is 28.0 Å². The molecule has 0 spiro atoms. The summed E-state index contributed by atoms with van der Waals surface area (Å²) < 4.78 is 1.18. The highest BCUT2D eigenvalue weighted by molar-refractivity contribution is 9.11. The number of likely N-dealkylation sites (N-methyl/N-ethyl adjacent to an activating group) is 2. The Balaban J connectivity index is 2.06. The van der Waals surface area contributed by atoms with Crippen molar-refractivity contribution in [2.24, 2.45) is 5.73 Å². The Bertz CT molecular complexity index is 407. The molecule has 0 aromatic carbocycles. The summed E-state index contributed by atoms with van der Waals surface area (Å²) in [4.78, 5) is 6.25. The molecular formula is C14H24BrN3S. The van der Waals surface area contributed by atoms with Crippen LogP contribution in [-0.2, 0) is 0 Å². The van der Waals surface area contributed by atoms with Crippen molar-refractivity contribution in [3.05, 3.63) is 20.8 Å². The second kappa shape index (κ2) is 6.68. The van der Waals surface area contributed by atoms with Crippen LogP contribution in [0.25, 0.3) is 0 Å². The lowest BCUT2D eigenvalue weighted by atomic mass is 10.1. The van der Waals surface area contributed by atoms with Gasteiger partial charge < -0.3 is 10.6 Å². The van der Waals surface area contributed by atoms with Crippen LogP contribution in [-0.4, -0.2) is 49.1 Å². The maximum absolute atomic E-state index is 6.22. The maximum Gasteiger partial charge on any atom is 0.0702 e. The Kier molecular flexibility index (Phi) is 5.43. The minimum Gasteiger partial charge on any atom is -0.326 e. The first kappa shape index (κ1) is 15.4. The van der Waals surface area contributed by atoms with E-state index in [0.29, 0.717) is 12.1 Å². The van der Waals surface area contributed by atoms with Crippen LogP contribution in [0.1, 0.15) is 30.7 Å². The molecule has 3 atom stereocenters. The number of halogens is 1. The zero-order valence-electron chi connectivity index (χ0n) is 12.0. The van der Waals surface area contributed by atoms with E-state index in [2.05, 4.69) is 58.9 Å². The summed E-state index contributed by atoms with van der Waals surface area (Å²) in [7, 11) is 4.43. The van der Waals surface area contributed by atoms with Gasteiger partial charge in [-0.2, -0.15) is 0 Å². The van der Waals surface area contributed by atoms with Gasteiger partial charge in [-0.05, 0) is 68.5 Å². The number of likely N-dealkylation sites (tertiary alicyclic amines) is 1. The first-order valence-corrected chi connectivity index (χ1v) is 8.51. The molecule has 108 valence electrons. The van der Waals surface area contributed by atoms with Crippen molar-refractivity contribution in [1.82, 2.24) is 9.80 Å². The van der Waals surface area contributed by atoms with Gasteiger partial charge in [-0.15, -0.1) is 11.3 Å². The molecule has 0 bridgehead atoms. The standard InChI is InChI=1S/C14H24BrN3S/c1-10(16)14(12-6-7-13(15)19-12)18(3)9-11-5-4-8-17(11)2/h6-7,10-11,14H,4-5,8-9,16H2,1-3H3. The largest absolute Gasteiger partial charge is 0.326 e. The predicted molar refractivity (Wildman–Crippen MR) is 86.7 cm³/mol. The third-order valence-corrected chi connectivity index (χ3v) is 5.72. The number of hydrogen-bond acceptors (Lipinski definition) is 4. The fraction of sp³-hybridized carbons (Fsp3) is 0.714. The molecule has 1 saturated heterocycles. The summed E-state index contributed by atoms with van der Waals surface area (Å²) in [5.41, 5.74) is 6.22. The molecular weight excluding hydrogens is 322 g/mol. The van der Waals surface area contributed by atoms with Crippen LogP contribution in [0.15, 0.2) is 15.9 Å². The van der Waals surface area contributed by atoms with Gasteiger partial charge >= 0.3 is 0 Å². The van der Waals surface area contributed by atoms with Crippen molar-refractivity contribution in [2.75, 3.05) is 27.2 Å². The van der Waals surface area contributed by atoms with Crippen molar-refractivity contribution < 1.29 is 0 Å². The Morgan fingerprint density at radius 3 is 2.79 bits per heavy atom. The van der Waals surface area contributed by atoms with Gasteiger partial charge in [-0.1, -0.05) is 0 Å². The highest BCUT2D eigenvalue weighted by Gasteiger charge is 2.28. The van der Waals surface area contributed by atoms with Crippen LogP contribution >= 0.6 is 27.3 Å². The normalized spacial score (nSPS) is 24.0. The van der Waals surface area contributed by atoms with Gasteiger partial charge in [0.1, 0.15) is 0 Å². The van der Waals surface area contributed by atoms with E-state index in [4.69, 9.17) is 5.73 Å². The first-order valence-electron chi connectivity index (χ1n) is 6.90. The molecule has 2 rings (SSSR count). The molecule has 3 unspecified atom stereocenters. The minimum absolute atomic E-state index is 0.141. The number of nitrogens with two attached hydrogens (primary N) is 1. The topological polar surface area (TPSA) is 32.5 Å². The smallest absolute Gasteiger partial charge is 0.0702 e. The number of hydrogen-bond donors (Lipinski definition) is 1. The van der Waals surface area contributed by atoms with Crippen molar-refractivity contribution in [3.63, 3.8) is 0 Å². The summed E-state index contributed by atoms with van der Waals surface area (Å²) >= 11 is 5.34. The Hall–Kier alpha value is 0.0600. The monoisotopic (exact) mass is 345 g/mol. The molecule has 5 heteroatoms. The zero-order valence-corrected chi connectivity index (χ0v) is 14.4. The van der Waals surface area contributed by atoms with Crippen LogP contribution in [0.5, 0.6) is 0 Å². The van der Waals surface area contributed by atoms with E-state index in [0.717, 1.165) is 6.54 Å². The van der Waals surface area contributed by atoms with Crippen LogP contribution in [0.3, 0.4) is 0 Å². The van der Waals surface area contributed by atoms with E-state index >= 15 is 0 Å². The third kappa shape index (κ3) is 3.79. The molecule has 1 fully saturated rings. The van der Waals surface area contributed by atoms with Gasteiger partial charge in [-0.3, -0.25) is 4.90 Å². The molecule has 2 heterocycles. The van der Waals surface area contributed by atoms with Crippen molar-refractivity contribution >= 4 is 27.3 Å². The molecule has 1 aliphatic rings. The van der Waals surface area contributed by atoms with Crippen LogP contribution in [0, 0.1) is 0 Å². The Labute approximate surface area is 128 Å². The third-order valence-electron chi connectivity index (χ3n) is 4.03. The van der Waals surface area contributed by atoms with Crippen LogP contribution in [0.2, 0.25) is 0 Å². The zero-order chi connectivity index (χ0) is 14.0. The number of thiophene rings is 1. The Morgan fingerprint density at radius 2 is 2.32 bits per heavy atom. The van der Waals surface area contributed by atoms with E-state index in [-0.39, 0.29) is 6.04 Å². The summed E-state index contributed by atoms with van der Waals surface area (Å²) in [6, 6.07) is 5.44. The van der Waals surface area contributed by atoms with Gasteiger partial charge in [0.25, 0.3) is 0 Å². The van der Waals surface area contributed by atoms with Gasteiger partial charge in [0.05, 0.1) is 9.83 Å². The van der Waals surface area contributed by atoms with Gasteiger partial charge in [0.2, 0.25) is 0 Å². The molecule has 0 saturated carbocycles. The molecule has 19 heavy (non-hydrogen) atoms. The summed E-state index contributed by atoms with van der Waals surface area (Å²) in [6.07, 6.45) is 2.63. The molecule has 0 amide bonds. The predicted octanol–water partition coefficient (Wildman–Crippen LogP) is 2.92. The molecule has 2 N–H and O–H groups in total. The highest BCUT2D eigenvalue weighted by atomic mass is 79.9. The summed E-state index contributed by atoms with van der Waals surface area (Å²) in [5, 5.41) is 0. The van der Waals surface area contributed by atoms with E-state index in [1.54, 1.807) is 11.3 Å². The molecule has 1 aliphatic heterocycles. The lowest BCUT2D eigenvalue weighted by Gasteiger charge is -2.34. The SMILES string of the molecule is CC(N)C(c1ccc(Br)s1)N(C)CC1CCCN1C. The lowest BCUT2D eigenvalue weighted by molar-refractivity contribution is 0.165. The lowest BCUT2D eigenvalue weighted by Crippen LogP contribution is -2.43. The van der Waals surface area contributed by atoms with Crippen LogP contribution in [0.4, 0.5) is 0 Å².